The van der Waals surface area contributed by atoms with Crippen molar-refractivity contribution < 1.29 is 4.74 Å². The molecule has 1 N–H and O–H groups in total. The lowest BCUT2D eigenvalue weighted by molar-refractivity contribution is 0.340. The van der Waals surface area contributed by atoms with Gasteiger partial charge in [0.2, 0.25) is 0 Å². The zero-order valence-corrected chi connectivity index (χ0v) is 12.5. The highest BCUT2D eigenvalue weighted by Gasteiger charge is 2.07. The summed E-state index contributed by atoms with van der Waals surface area (Å²) >= 11 is 0. The van der Waals surface area contributed by atoms with Crippen molar-refractivity contribution in [1.82, 2.24) is 5.32 Å². The standard InChI is InChI=1S/C18H23NO/c1-4-20-17-11-9-16(10-12-17)13-19-15(3)18-8-6-5-7-14(18)2/h5-12,15,19H,4,13H2,1-3H3/t15-/m0/s1. The zero-order chi connectivity index (χ0) is 14.4. The van der Waals surface area contributed by atoms with E-state index >= 15 is 0 Å². The van der Waals surface area contributed by atoms with Crippen molar-refractivity contribution in [2.24, 2.45) is 0 Å². The molecule has 106 valence electrons. The number of benzene rings is 2. The van der Waals surface area contributed by atoms with E-state index in [9.17, 15) is 0 Å². The summed E-state index contributed by atoms with van der Waals surface area (Å²) in [7, 11) is 0. The highest BCUT2D eigenvalue weighted by atomic mass is 16.5. The SMILES string of the molecule is CCOc1ccc(CN[C@@H](C)c2ccccc2C)cc1. The minimum absolute atomic E-state index is 0.350. The molecule has 0 bridgehead atoms. The predicted molar refractivity (Wildman–Crippen MR) is 84.0 cm³/mol. The first kappa shape index (κ1) is 14.6. The Kier molecular flexibility index (Phi) is 5.19. The summed E-state index contributed by atoms with van der Waals surface area (Å²) in [5, 5.41) is 3.57. The van der Waals surface area contributed by atoms with E-state index in [1.807, 2.05) is 19.1 Å². The minimum Gasteiger partial charge on any atom is -0.494 e. The van der Waals surface area contributed by atoms with Crippen molar-refractivity contribution in [1.29, 1.82) is 0 Å². The highest BCUT2D eigenvalue weighted by molar-refractivity contribution is 5.29. The first-order chi connectivity index (χ1) is 9.70. The van der Waals surface area contributed by atoms with Crippen LogP contribution in [0.5, 0.6) is 5.75 Å². The Labute approximate surface area is 121 Å². The molecule has 0 aliphatic carbocycles. The average Bonchev–Trinajstić information content (AvgIpc) is 2.47. The number of hydrogen-bond donors (Lipinski definition) is 1. The van der Waals surface area contributed by atoms with Crippen LogP contribution in [0.1, 0.15) is 36.6 Å². The van der Waals surface area contributed by atoms with Crippen LogP contribution < -0.4 is 10.1 Å². The molecule has 0 saturated heterocycles. The van der Waals surface area contributed by atoms with E-state index in [0.29, 0.717) is 12.6 Å². The molecule has 2 aromatic rings. The number of hydrogen-bond acceptors (Lipinski definition) is 2. The van der Waals surface area contributed by atoms with Gasteiger partial charge in [0, 0.05) is 12.6 Å². The van der Waals surface area contributed by atoms with Crippen LogP contribution in [-0.2, 0) is 6.54 Å². The second kappa shape index (κ2) is 7.11. The average molecular weight is 269 g/mol. The number of aryl methyl sites for hydroxylation is 1. The predicted octanol–water partition coefficient (Wildman–Crippen LogP) is 4.24. The Morgan fingerprint density at radius 1 is 1.05 bits per heavy atom. The van der Waals surface area contributed by atoms with Crippen LogP contribution >= 0.6 is 0 Å². The van der Waals surface area contributed by atoms with E-state index in [4.69, 9.17) is 4.74 Å². The van der Waals surface area contributed by atoms with Crippen LogP contribution in [0, 0.1) is 6.92 Å². The molecule has 0 unspecified atom stereocenters. The highest BCUT2D eigenvalue weighted by Crippen LogP contribution is 2.18. The molecule has 0 saturated carbocycles. The Morgan fingerprint density at radius 3 is 2.40 bits per heavy atom. The van der Waals surface area contributed by atoms with Crippen LogP contribution in [0.4, 0.5) is 0 Å². The lowest BCUT2D eigenvalue weighted by Crippen LogP contribution is -2.18. The summed E-state index contributed by atoms with van der Waals surface area (Å²) in [4.78, 5) is 0. The van der Waals surface area contributed by atoms with E-state index in [-0.39, 0.29) is 0 Å². The Morgan fingerprint density at radius 2 is 1.75 bits per heavy atom. The van der Waals surface area contributed by atoms with Crippen molar-refractivity contribution in [3.8, 4) is 5.75 Å². The minimum atomic E-state index is 0.350. The molecule has 0 radical (unpaired) electrons. The molecule has 0 aliphatic heterocycles. The van der Waals surface area contributed by atoms with Gasteiger partial charge in [0.1, 0.15) is 5.75 Å². The monoisotopic (exact) mass is 269 g/mol. The van der Waals surface area contributed by atoms with Crippen molar-refractivity contribution in [3.05, 3.63) is 65.2 Å². The molecule has 2 heteroatoms. The maximum absolute atomic E-state index is 5.45. The third-order valence-corrected chi connectivity index (χ3v) is 3.50. The van der Waals surface area contributed by atoms with Gasteiger partial charge in [0.05, 0.1) is 6.61 Å². The molecule has 0 fully saturated rings. The summed E-state index contributed by atoms with van der Waals surface area (Å²) in [5.41, 5.74) is 3.96. The second-order valence-electron chi connectivity index (χ2n) is 5.04. The molecule has 20 heavy (non-hydrogen) atoms. The van der Waals surface area contributed by atoms with E-state index in [1.165, 1.54) is 16.7 Å². The van der Waals surface area contributed by atoms with E-state index < -0.39 is 0 Å². The molecule has 0 amide bonds. The summed E-state index contributed by atoms with van der Waals surface area (Å²) in [5.74, 6) is 0.934. The van der Waals surface area contributed by atoms with Gasteiger partial charge in [-0.15, -0.1) is 0 Å². The van der Waals surface area contributed by atoms with Crippen LogP contribution in [-0.4, -0.2) is 6.61 Å². The molecule has 0 aromatic heterocycles. The number of rotatable bonds is 6. The zero-order valence-electron chi connectivity index (χ0n) is 12.5. The van der Waals surface area contributed by atoms with Gasteiger partial charge >= 0.3 is 0 Å². The fourth-order valence-electron chi connectivity index (χ4n) is 2.32. The topological polar surface area (TPSA) is 21.3 Å². The molecular weight excluding hydrogens is 246 g/mol. The summed E-state index contributed by atoms with van der Waals surface area (Å²) < 4.78 is 5.45. The molecule has 0 aliphatic rings. The lowest BCUT2D eigenvalue weighted by Gasteiger charge is -2.16. The fraction of sp³-hybridized carbons (Fsp3) is 0.333. The van der Waals surface area contributed by atoms with Gasteiger partial charge in [-0.1, -0.05) is 36.4 Å². The third-order valence-electron chi connectivity index (χ3n) is 3.50. The van der Waals surface area contributed by atoms with Crippen molar-refractivity contribution >= 4 is 0 Å². The largest absolute Gasteiger partial charge is 0.494 e. The van der Waals surface area contributed by atoms with E-state index in [1.54, 1.807) is 0 Å². The molecule has 1 atom stereocenters. The van der Waals surface area contributed by atoms with E-state index in [0.717, 1.165) is 12.3 Å². The molecule has 2 rings (SSSR count). The Balaban J connectivity index is 1.93. The smallest absolute Gasteiger partial charge is 0.119 e. The molecule has 0 spiro atoms. The summed E-state index contributed by atoms with van der Waals surface area (Å²) in [6, 6.07) is 17.1. The van der Waals surface area contributed by atoms with Crippen LogP contribution in [0.25, 0.3) is 0 Å². The van der Waals surface area contributed by atoms with Crippen molar-refractivity contribution in [3.63, 3.8) is 0 Å². The normalized spacial score (nSPS) is 12.2. The van der Waals surface area contributed by atoms with Gasteiger partial charge in [-0.3, -0.25) is 0 Å². The quantitative estimate of drug-likeness (QED) is 0.846. The Bertz CT molecular complexity index is 533. The maximum Gasteiger partial charge on any atom is 0.119 e. The molecular formula is C18H23NO. The van der Waals surface area contributed by atoms with Gasteiger partial charge in [-0.2, -0.15) is 0 Å². The third kappa shape index (κ3) is 3.84. The molecule has 2 nitrogen and oxygen atoms in total. The Hall–Kier alpha value is -1.80. The lowest BCUT2D eigenvalue weighted by atomic mass is 10.0. The summed E-state index contributed by atoms with van der Waals surface area (Å²) in [6.45, 7) is 7.93. The number of ether oxygens (including phenoxy) is 1. The molecule has 0 heterocycles. The van der Waals surface area contributed by atoms with E-state index in [2.05, 4.69) is 55.6 Å². The summed E-state index contributed by atoms with van der Waals surface area (Å²) in [6.07, 6.45) is 0. The fourth-order valence-corrected chi connectivity index (χ4v) is 2.32. The maximum atomic E-state index is 5.45. The van der Waals surface area contributed by atoms with Crippen LogP contribution in [0.3, 0.4) is 0 Å². The number of nitrogens with one attached hydrogen (secondary N) is 1. The van der Waals surface area contributed by atoms with Gasteiger partial charge in [0.15, 0.2) is 0 Å². The van der Waals surface area contributed by atoms with Gasteiger partial charge in [0.25, 0.3) is 0 Å². The van der Waals surface area contributed by atoms with Gasteiger partial charge in [-0.25, -0.2) is 0 Å². The van der Waals surface area contributed by atoms with Gasteiger partial charge in [-0.05, 0) is 49.6 Å². The van der Waals surface area contributed by atoms with Crippen molar-refractivity contribution in [2.75, 3.05) is 6.61 Å². The van der Waals surface area contributed by atoms with Crippen LogP contribution in [0.15, 0.2) is 48.5 Å². The van der Waals surface area contributed by atoms with Crippen LogP contribution in [0.2, 0.25) is 0 Å². The molecule has 2 aromatic carbocycles. The van der Waals surface area contributed by atoms with Crippen molar-refractivity contribution in [2.45, 2.75) is 33.4 Å². The van der Waals surface area contributed by atoms with Gasteiger partial charge < -0.3 is 10.1 Å². The second-order valence-corrected chi connectivity index (χ2v) is 5.04. The first-order valence-electron chi connectivity index (χ1n) is 7.21. The first-order valence-corrected chi connectivity index (χ1v) is 7.21.